The summed E-state index contributed by atoms with van der Waals surface area (Å²) in [5.41, 5.74) is 1.02. The second-order valence-corrected chi connectivity index (χ2v) is 6.74. The van der Waals surface area contributed by atoms with Crippen molar-refractivity contribution in [3.05, 3.63) is 53.1 Å². The first-order valence-electron chi connectivity index (χ1n) is 9.06. The molecule has 0 bridgehead atoms. The molecule has 2 rings (SSSR count). The van der Waals surface area contributed by atoms with E-state index in [0.717, 1.165) is 24.3 Å². The van der Waals surface area contributed by atoms with Gasteiger partial charge in [-0.1, -0.05) is 30.7 Å². The minimum Gasteiger partial charge on any atom is -0.493 e. The van der Waals surface area contributed by atoms with Crippen LogP contribution in [0, 0.1) is 0 Å². The number of halogens is 1. The molecule has 0 spiro atoms. The number of hydrogen-bond donors (Lipinski definition) is 1. The van der Waals surface area contributed by atoms with Crippen LogP contribution in [0.4, 0.5) is 0 Å². The number of para-hydroxylation sites is 1. The second kappa shape index (κ2) is 11.0. The maximum Gasteiger partial charge on any atom is 0.165 e. The van der Waals surface area contributed by atoms with Crippen LogP contribution in [-0.4, -0.2) is 50.0 Å². The maximum atomic E-state index is 10.4. The molecule has 148 valence electrons. The van der Waals surface area contributed by atoms with Gasteiger partial charge in [0.1, 0.15) is 18.5 Å². The molecule has 6 heteroatoms. The van der Waals surface area contributed by atoms with E-state index in [1.54, 1.807) is 38.5 Å². The number of aliphatic hydroxyl groups is 1. The normalized spacial score (nSPS) is 12.1. The highest BCUT2D eigenvalue weighted by molar-refractivity contribution is 6.30. The van der Waals surface area contributed by atoms with E-state index in [2.05, 4.69) is 11.8 Å². The highest BCUT2D eigenvalue weighted by atomic mass is 35.5. The monoisotopic (exact) mass is 393 g/mol. The lowest BCUT2D eigenvalue weighted by molar-refractivity contribution is 0.0653. The molecular formula is C21H28ClNO4. The van der Waals surface area contributed by atoms with E-state index < -0.39 is 6.10 Å². The number of ether oxygens (including phenoxy) is 3. The van der Waals surface area contributed by atoms with Crippen molar-refractivity contribution in [3.63, 3.8) is 0 Å². The van der Waals surface area contributed by atoms with Gasteiger partial charge in [0.05, 0.1) is 14.2 Å². The molecule has 2 aromatic rings. The van der Waals surface area contributed by atoms with E-state index in [1.807, 2.05) is 18.2 Å². The largest absolute Gasteiger partial charge is 0.493 e. The Balaban J connectivity index is 1.97. The zero-order chi connectivity index (χ0) is 19.6. The molecule has 0 aliphatic heterocycles. The van der Waals surface area contributed by atoms with Gasteiger partial charge in [0, 0.05) is 23.7 Å². The number of rotatable bonds is 11. The highest BCUT2D eigenvalue weighted by Crippen LogP contribution is 2.31. The predicted molar refractivity (Wildman–Crippen MR) is 108 cm³/mol. The van der Waals surface area contributed by atoms with Crippen molar-refractivity contribution in [2.45, 2.75) is 26.0 Å². The van der Waals surface area contributed by atoms with Crippen molar-refractivity contribution in [3.8, 4) is 17.2 Å². The van der Waals surface area contributed by atoms with Crippen LogP contribution in [0.5, 0.6) is 17.2 Å². The van der Waals surface area contributed by atoms with Crippen molar-refractivity contribution in [2.24, 2.45) is 0 Å². The quantitative estimate of drug-likeness (QED) is 0.625. The van der Waals surface area contributed by atoms with Crippen molar-refractivity contribution in [2.75, 3.05) is 33.9 Å². The Morgan fingerprint density at radius 1 is 1.07 bits per heavy atom. The topological polar surface area (TPSA) is 51.2 Å². The van der Waals surface area contributed by atoms with Crippen LogP contribution in [-0.2, 0) is 6.54 Å². The van der Waals surface area contributed by atoms with Gasteiger partial charge in [-0.05, 0) is 43.3 Å². The molecule has 0 saturated heterocycles. The van der Waals surface area contributed by atoms with Crippen molar-refractivity contribution in [1.82, 2.24) is 4.90 Å². The Hall–Kier alpha value is -1.95. The summed E-state index contributed by atoms with van der Waals surface area (Å²) >= 11 is 5.87. The average Bonchev–Trinajstić information content (AvgIpc) is 2.67. The van der Waals surface area contributed by atoms with Crippen LogP contribution in [0.25, 0.3) is 0 Å². The maximum absolute atomic E-state index is 10.4. The van der Waals surface area contributed by atoms with Crippen LogP contribution in [0.1, 0.15) is 18.9 Å². The van der Waals surface area contributed by atoms with Crippen LogP contribution in [0.2, 0.25) is 5.02 Å². The Kier molecular flexibility index (Phi) is 8.72. The molecule has 27 heavy (non-hydrogen) atoms. The number of hydrogen-bond acceptors (Lipinski definition) is 5. The molecule has 0 aliphatic rings. The van der Waals surface area contributed by atoms with Gasteiger partial charge in [-0.3, -0.25) is 4.90 Å². The van der Waals surface area contributed by atoms with Crippen LogP contribution in [0.3, 0.4) is 0 Å². The summed E-state index contributed by atoms with van der Waals surface area (Å²) in [6, 6.07) is 13.0. The lowest BCUT2D eigenvalue weighted by atomic mass is 10.1. The van der Waals surface area contributed by atoms with Gasteiger partial charge in [-0.15, -0.1) is 0 Å². The summed E-state index contributed by atoms with van der Waals surface area (Å²) < 4.78 is 16.5. The molecule has 0 amide bonds. The molecule has 0 heterocycles. The molecule has 1 atom stereocenters. The van der Waals surface area contributed by atoms with Crippen molar-refractivity contribution in [1.29, 1.82) is 0 Å². The Bertz CT molecular complexity index is 693. The third-order valence-corrected chi connectivity index (χ3v) is 4.40. The first-order chi connectivity index (χ1) is 13.1. The first-order valence-corrected chi connectivity index (χ1v) is 9.43. The summed E-state index contributed by atoms with van der Waals surface area (Å²) in [5, 5.41) is 11.1. The van der Waals surface area contributed by atoms with Crippen LogP contribution in [0.15, 0.2) is 42.5 Å². The van der Waals surface area contributed by atoms with Gasteiger partial charge >= 0.3 is 0 Å². The lowest BCUT2D eigenvalue weighted by Gasteiger charge is -2.26. The fraction of sp³-hybridized carbons (Fsp3) is 0.429. The summed E-state index contributed by atoms with van der Waals surface area (Å²) in [6.45, 7) is 4.36. The Morgan fingerprint density at radius 3 is 2.44 bits per heavy atom. The summed E-state index contributed by atoms with van der Waals surface area (Å²) in [5.74, 6) is 2.13. The third kappa shape index (κ3) is 6.61. The van der Waals surface area contributed by atoms with Gasteiger partial charge < -0.3 is 19.3 Å². The summed E-state index contributed by atoms with van der Waals surface area (Å²) in [4.78, 5) is 2.19. The van der Waals surface area contributed by atoms with Gasteiger partial charge in [-0.25, -0.2) is 0 Å². The van der Waals surface area contributed by atoms with Gasteiger partial charge in [0.15, 0.2) is 11.5 Å². The van der Waals surface area contributed by atoms with E-state index in [4.69, 9.17) is 25.8 Å². The minimum atomic E-state index is -0.608. The zero-order valence-corrected chi connectivity index (χ0v) is 16.9. The highest BCUT2D eigenvalue weighted by Gasteiger charge is 2.16. The van der Waals surface area contributed by atoms with E-state index in [1.165, 1.54) is 0 Å². The van der Waals surface area contributed by atoms with E-state index in [0.29, 0.717) is 29.6 Å². The number of benzene rings is 2. The molecule has 0 radical (unpaired) electrons. The third-order valence-electron chi connectivity index (χ3n) is 4.14. The molecule has 0 aromatic heterocycles. The molecule has 1 N–H and O–H groups in total. The minimum absolute atomic E-state index is 0.219. The molecule has 0 aliphatic carbocycles. The standard InChI is InChI=1S/C21H28ClNO4/c1-4-12-23(13-16-6-5-7-20(25-2)21(16)26-3)14-18(24)15-27-19-10-8-17(22)9-11-19/h5-11,18,24H,4,12-15H2,1-3H3/t18-/m0/s1. The van der Waals surface area contributed by atoms with Crippen LogP contribution >= 0.6 is 11.6 Å². The van der Waals surface area contributed by atoms with Gasteiger partial charge in [-0.2, -0.15) is 0 Å². The zero-order valence-electron chi connectivity index (χ0n) is 16.2. The SMILES string of the molecule is CCCN(Cc1cccc(OC)c1OC)C[C@H](O)COc1ccc(Cl)cc1. The average molecular weight is 394 g/mol. The Labute approximate surface area is 166 Å². The molecule has 2 aromatic carbocycles. The Morgan fingerprint density at radius 2 is 1.81 bits per heavy atom. The van der Waals surface area contributed by atoms with Gasteiger partial charge in [0.2, 0.25) is 0 Å². The van der Waals surface area contributed by atoms with Gasteiger partial charge in [0.25, 0.3) is 0 Å². The summed E-state index contributed by atoms with van der Waals surface area (Å²) in [6.07, 6.45) is 0.376. The van der Waals surface area contributed by atoms with E-state index >= 15 is 0 Å². The smallest absolute Gasteiger partial charge is 0.165 e. The molecule has 0 unspecified atom stereocenters. The molecular weight excluding hydrogens is 366 g/mol. The first kappa shape index (κ1) is 21.4. The second-order valence-electron chi connectivity index (χ2n) is 6.31. The number of nitrogens with zero attached hydrogens (tertiary/aromatic N) is 1. The fourth-order valence-corrected chi connectivity index (χ4v) is 3.07. The predicted octanol–water partition coefficient (Wildman–Crippen LogP) is 4.01. The van der Waals surface area contributed by atoms with Crippen molar-refractivity contribution >= 4 is 11.6 Å². The number of aliphatic hydroxyl groups excluding tert-OH is 1. The number of methoxy groups -OCH3 is 2. The van der Waals surface area contributed by atoms with E-state index in [-0.39, 0.29) is 6.61 Å². The molecule has 5 nitrogen and oxygen atoms in total. The molecule has 0 fully saturated rings. The fourth-order valence-electron chi connectivity index (χ4n) is 2.94. The summed E-state index contributed by atoms with van der Waals surface area (Å²) in [7, 11) is 3.27. The van der Waals surface area contributed by atoms with Crippen molar-refractivity contribution < 1.29 is 19.3 Å². The lowest BCUT2D eigenvalue weighted by Crippen LogP contribution is -2.36. The molecule has 0 saturated carbocycles. The van der Waals surface area contributed by atoms with Crippen LogP contribution < -0.4 is 14.2 Å². The van der Waals surface area contributed by atoms with E-state index in [9.17, 15) is 5.11 Å².